The first kappa shape index (κ1) is 17.3. The van der Waals surface area contributed by atoms with Crippen LogP contribution in [-0.2, 0) is 22.4 Å². The van der Waals surface area contributed by atoms with Crippen molar-refractivity contribution in [3.8, 4) is 0 Å². The number of urea groups is 1. The number of hydrogen-bond acceptors (Lipinski definition) is 3. The molecule has 0 radical (unpaired) electrons. The van der Waals surface area contributed by atoms with Crippen LogP contribution in [0.2, 0.25) is 0 Å². The number of imide groups is 1. The summed E-state index contributed by atoms with van der Waals surface area (Å²) in [6.07, 6.45) is 1.74. The van der Waals surface area contributed by atoms with Crippen LogP contribution in [0, 0.1) is 6.92 Å². The van der Waals surface area contributed by atoms with Crippen molar-refractivity contribution in [1.82, 2.24) is 10.2 Å². The van der Waals surface area contributed by atoms with E-state index in [0.29, 0.717) is 18.5 Å². The van der Waals surface area contributed by atoms with Gasteiger partial charge in [-0.2, -0.15) is 0 Å². The number of amides is 4. The quantitative estimate of drug-likeness (QED) is 0.822. The maximum Gasteiger partial charge on any atom is 0.325 e. The number of nitrogens with one attached hydrogen (secondary N) is 2. The van der Waals surface area contributed by atoms with Crippen LogP contribution in [0.3, 0.4) is 0 Å². The number of nitrogens with zero attached hydrogens (tertiary/aromatic N) is 1. The summed E-state index contributed by atoms with van der Waals surface area (Å²) in [7, 11) is 0. The Labute approximate surface area is 157 Å². The molecular formula is C21H21N3O3. The minimum Gasteiger partial charge on any atom is -0.324 e. The van der Waals surface area contributed by atoms with Crippen molar-refractivity contribution in [2.75, 3.05) is 11.9 Å². The van der Waals surface area contributed by atoms with Crippen LogP contribution < -0.4 is 10.6 Å². The van der Waals surface area contributed by atoms with Crippen molar-refractivity contribution in [1.29, 1.82) is 0 Å². The fraction of sp³-hybridized carbons (Fsp3) is 0.286. The van der Waals surface area contributed by atoms with Crippen molar-refractivity contribution in [3.63, 3.8) is 0 Å². The fourth-order valence-electron chi connectivity index (χ4n) is 3.89. The number of fused-ring (bicyclic) bond motifs is 1. The van der Waals surface area contributed by atoms with Gasteiger partial charge in [-0.25, -0.2) is 4.79 Å². The lowest BCUT2D eigenvalue weighted by Gasteiger charge is -2.32. The number of anilines is 1. The van der Waals surface area contributed by atoms with Gasteiger partial charge in [0.05, 0.1) is 0 Å². The first-order valence-corrected chi connectivity index (χ1v) is 9.05. The van der Waals surface area contributed by atoms with Crippen molar-refractivity contribution in [3.05, 3.63) is 65.2 Å². The van der Waals surface area contributed by atoms with Crippen LogP contribution in [0.15, 0.2) is 48.5 Å². The number of carbonyl (C=O) groups is 3. The van der Waals surface area contributed by atoms with E-state index in [4.69, 9.17) is 0 Å². The van der Waals surface area contributed by atoms with E-state index in [0.717, 1.165) is 22.4 Å². The molecule has 2 aromatic rings. The predicted molar refractivity (Wildman–Crippen MR) is 101 cm³/mol. The lowest BCUT2D eigenvalue weighted by Crippen LogP contribution is -2.51. The molecule has 2 N–H and O–H groups in total. The Morgan fingerprint density at radius 3 is 2.59 bits per heavy atom. The second-order valence-electron chi connectivity index (χ2n) is 7.21. The molecule has 138 valence electrons. The molecule has 2 aliphatic rings. The number of benzene rings is 2. The Bertz CT molecular complexity index is 940. The summed E-state index contributed by atoms with van der Waals surface area (Å²) in [6.45, 7) is 1.60. The highest BCUT2D eigenvalue weighted by atomic mass is 16.2. The van der Waals surface area contributed by atoms with Gasteiger partial charge in [0, 0.05) is 12.1 Å². The van der Waals surface area contributed by atoms with Crippen molar-refractivity contribution in [2.45, 2.75) is 31.7 Å². The third-order valence-electron chi connectivity index (χ3n) is 5.40. The Morgan fingerprint density at radius 2 is 1.81 bits per heavy atom. The first-order chi connectivity index (χ1) is 13.0. The molecule has 1 fully saturated rings. The van der Waals surface area contributed by atoms with Gasteiger partial charge in [0.1, 0.15) is 12.1 Å². The van der Waals surface area contributed by atoms with Crippen LogP contribution in [0.5, 0.6) is 0 Å². The number of carbonyl (C=O) groups excluding carboxylic acids is 3. The summed E-state index contributed by atoms with van der Waals surface area (Å²) in [5.74, 6) is -0.706. The van der Waals surface area contributed by atoms with Crippen molar-refractivity contribution < 1.29 is 14.4 Å². The summed E-state index contributed by atoms with van der Waals surface area (Å²) >= 11 is 0. The second-order valence-corrected chi connectivity index (χ2v) is 7.21. The average molecular weight is 363 g/mol. The zero-order chi connectivity index (χ0) is 19.0. The second kappa shape index (κ2) is 6.54. The first-order valence-electron chi connectivity index (χ1n) is 9.05. The van der Waals surface area contributed by atoms with E-state index in [2.05, 4.69) is 16.7 Å². The molecule has 1 atom stereocenters. The number of hydrogen-bond donors (Lipinski definition) is 2. The SMILES string of the molecule is Cc1ccccc1NC(=O)CN1C(=O)NC2(CCc3ccccc3C2)C1=O. The molecule has 1 spiro atoms. The van der Waals surface area contributed by atoms with E-state index >= 15 is 0 Å². The number of aryl methyl sites for hydroxylation is 2. The maximum absolute atomic E-state index is 13.0. The largest absolute Gasteiger partial charge is 0.325 e. The highest BCUT2D eigenvalue weighted by Gasteiger charge is 2.52. The molecule has 27 heavy (non-hydrogen) atoms. The molecule has 0 bridgehead atoms. The molecule has 1 aliphatic carbocycles. The Kier molecular flexibility index (Phi) is 4.18. The van der Waals surface area contributed by atoms with Crippen LogP contribution in [0.4, 0.5) is 10.5 Å². The molecule has 1 heterocycles. The lowest BCUT2D eigenvalue weighted by atomic mass is 9.78. The van der Waals surface area contributed by atoms with E-state index in [9.17, 15) is 14.4 Å². The van der Waals surface area contributed by atoms with E-state index in [1.165, 1.54) is 5.56 Å². The van der Waals surface area contributed by atoms with Gasteiger partial charge in [0.2, 0.25) is 5.91 Å². The summed E-state index contributed by atoms with van der Waals surface area (Å²) in [4.78, 5) is 38.9. The monoisotopic (exact) mass is 363 g/mol. The number of para-hydroxylation sites is 1. The molecule has 0 saturated carbocycles. The average Bonchev–Trinajstić information content (AvgIpc) is 2.87. The van der Waals surface area contributed by atoms with Gasteiger partial charge in [-0.15, -0.1) is 0 Å². The standard InChI is InChI=1S/C21H21N3O3/c1-14-6-2-5-9-17(14)22-18(25)13-24-19(26)21(23-20(24)27)11-10-15-7-3-4-8-16(15)12-21/h2-9H,10-13H2,1H3,(H,22,25)(H,23,27). The van der Waals surface area contributed by atoms with Gasteiger partial charge in [0.15, 0.2) is 0 Å². The summed E-state index contributed by atoms with van der Waals surface area (Å²) in [5, 5.41) is 5.62. The fourth-order valence-corrected chi connectivity index (χ4v) is 3.89. The summed E-state index contributed by atoms with van der Waals surface area (Å²) < 4.78 is 0. The van der Waals surface area contributed by atoms with Gasteiger partial charge in [-0.1, -0.05) is 42.5 Å². The molecule has 0 aromatic heterocycles. The summed E-state index contributed by atoms with van der Waals surface area (Å²) in [5.41, 5.74) is 2.94. The van der Waals surface area contributed by atoms with Gasteiger partial charge in [-0.3, -0.25) is 14.5 Å². The van der Waals surface area contributed by atoms with Gasteiger partial charge >= 0.3 is 6.03 Å². The van der Waals surface area contributed by atoms with Crippen LogP contribution >= 0.6 is 0 Å². The van der Waals surface area contributed by atoms with Gasteiger partial charge < -0.3 is 10.6 Å². The molecule has 4 rings (SSSR count). The molecule has 2 aromatic carbocycles. The molecule has 1 unspecified atom stereocenters. The molecular weight excluding hydrogens is 342 g/mol. The van der Waals surface area contributed by atoms with Crippen LogP contribution in [-0.4, -0.2) is 34.8 Å². The molecule has 1 aliphatic heterocycles. The molecule has 6 heteroatoms. The third-order valence-corrected chi connectivity index (χ3v) is 5.40. The third kappa shape index (κ3) is 3.07. The zero-order valence-corrected chi connectivity index (χ0v) is 15.1. The van der Waals surface area contributed by atoms with Crippen LogP contribution in [0.1, 0.15) is 23.1 Å². The normalized spacial score (nSPS) is 21.1. The Hall–Kier alpha value is -3.15. The zero-order valence-electron chi connectivity index (χ0n) is 15.1. The van der Waals surface area contributed by atoms with Gasteiger partial charge in [0.25, 0.3) is 5.91 Å². The highest BCUT2D eigenvalue weighted by Crippen LogP contribution is 2.33. The Morgan fingerprint density at radius 1 is 1.11 bits per heavy atom. The molecule has 1 saturated heterocycles. The van der Waals surface area contributed by atoms with E-state index in [1.807, 2.05) is 43.3 Å². The van der Waals surface area contributed by atoms with E-state index < -0.39 is 11.6 Å². The highest BCUT2D eigenvalue weighted by molar-refractivity contribution is 6.10. The smallest absolute Gasteiger partial charge is 0.324 e. The van der Waals surface area contributed by atoms with Crippen LogP contribution in [0.25, 0.3) is 0 Å². The lowest BCUT2D eigenvalue weighted by molar-refractivity contribution is -0.134. The summed E-state index contributed by atoms with van der Waals surface area (Å²) in [6, 6.07) is 14.8. The van der Waals surface area contributed by atoms with Gasteiger partial charge in [-0.05, 0) is 42.5 Å². The topological polar surface area (TPSA) is 78.5 Å². The minimum absolute atomic E-state index is 0.289. The molecule has 6 nitrogen and oxygen atoms in total. The Balaban J connectivity index is 1.49. The van der Waals surface area contributed by atoms with Crippen molar-refractivity contribution >= 4 is 23.5 Å². The van der Waals surface area contributed by atoms with E-state index in [1.54, 1.807) is 6.07 Å². The molecule has 4 amide bonds. The minimum atomic E-state index is -0.936. The van der Waals surface area contributed by atoms with E-state index in [-0.39, 0.29) is 18.4 Å². The predicted octanol–water partition coefficient (Wildman–Crippen LogP) is 2.41. The number of rotatable bonds is 3. The van der Waals surface area contributed by atoms with Crippen molar-refractivity contribution in [2.24, 2.45) is 0 Å². The maximum atomic E-state index is 13.0.